The Labute approximate surface area is 122 Å². The monoisotopic (exact) mass is 291 g/mol. The molecule has 2 aromatic rings. The van der Waals surface area contributed by atoms with Crippen molar-refractivity contribution in [3.05, 3.63) is 48.0 Å². The number of esters is 1. The molecule has 0 saturated carbocycles. The third kappa shape index (κ3) is 4.16. The van der Waals surface area contributed by atoms with Crippen molar-refractivity contribution in [2.75, 3.05) is 6.61 Å². The van der Waals surface area contributed by atoms with Gasteiger partial charge < -0.3 is 9.15 Å². The minimum atomic E-state index is -0.399. The fraction of sp³-hybridized carbons (Fsp3) is 0.312. The maximum Gasteiger partial charge on any atom is 0.322 e. The molecule has 2 rings (SSSR count). The standard InChI is InChI=1S/C16H18FNO3/c1-3-20-16(19)11(2)18-10-14-8-9-15(21-14)12-4-6-13(17)7-5-12/h4-9,11,18H,3,10H2,1-2H3. The molecular formula is C16H18FNO3. The molecule has 0 spiro atoms. The van der Waals surface area contributed by atoms with Gasteiger partial charge in [-0.1, -0.05) is 0 Å². The zero-order valence-corrected chi connectivity index (χ0v) is 12.1. The van der Waals surface area contributed by atoms with Gasteiger partial charge in [0, 0.05) is 5.56 Å². The summed E-state index contributed by atoms with van der Waals surface area (Å²) in [5.41, 5.74) is 0.807. The smallest absolute Gasteiger partial charge is 0.322 e. The number of furan rings is 1. The zero-order chi connectivity index (χ0) is 15.2. The van der Waals surface area contributed by atoms with Crippen molar-refractivity contribution in [2.45, 2.75) is 26.4 Å². The molecule has 0 saturated heterocycles. The normalized spacial score (nSPS) is 12.1. The van der Waals surface area contributed by atoms with Gasteiger partial charge in [0.25, 0.3) is 0 Å². The number of carbonyl (C=O) groups excluding carboxylic acids is 1. The topological polar surface area (TPSA) is 51.5 Å². The molecule has 5 heteroatoms. The Morgan fingerprint density at radius 1 is 1.29 bits per heavy atom. The van der Waals surface area contributed by atoms with Gasteiger partial charge in [0.2, 0.25) is 0 Å². The summed E-state index contributed by atoms with van der Waals surface area (Å²) in [5.74, 6) is 0.791. The van der Waals surface area contributed by atoms with E-state index in [0.717, 1.165) is 5.56 Å². The van der Waals surface area contributed by atoms with Gasteiger partial charge in [-0.05, 0) is 50.2 Å². The highest BCUT2D eigenvalue weighted by Gasteiger charge is 2.14. The molecule has 1 atom stereocenters. The Kier molecular flexibility index (Phi) is 5.11. The highest BCUT2D eigenvalue weighted by Crippen LogP contribution is 2.22. The van der Waals surface area contributed by atoms with Crippen molar-refractivity contribution < 1.29 is 18.3 Å². The number of halogens is 1. The van der Waals surface area contributed by atoms with Crippen LogP contribution >= 0.6 is 0 Å². The van der Waals surface area contributed by atoms with Crippen LogP contribution in [0.3, 0.4) is 0 Å². The molecule has 21 heavy (non-hydrogen) atoms. The summed E-state index contributed by atoms with van der Waals surface area (Å²) in [6.07, 6.45) is 0. The van der Waals surface area contributed by atoms with Crippen LogP contribution in [0.5, 0.6) is 0 Å². The van der Waals surface area contributed by atoms with Gasteiger partial charge in [-0.15, -0.1) is 0 Å². The maximum atomic E-state index is 12.9. The minimum Gasteiger partial charge on any atom is -0.465 e. The van der Waals surface area contributed by atoms with E-state index < -0.39 is 6.04 Å². The quantitative estimate of drug-likeness (QED) is 0.831. The summed E-state index contributed by atoms with van der Waals surface area (Å²) < 4.78 is 23.4. The number of rotatable bonds is 6. The Hall–Kier alpha value is -2.14. The van der Waals surface area contributed by atoms with Crippen LogP contribution in [0, 0.1) is 5.82 Å². The van der Waals surface area contributed by atoms with Crippen LogP contribution in [0.1, 0.15) is 19.6 Å². The summed E-state index contributed by atoms with van der Waals surface area (Å²) in [6, 6.07) is 9.34. The second-order valence-electron chi connectivity index (χ2n) is 4.63. The highest BCUT2D eigenvalue weighted by molar-refractivity contribution is 5.75. The number of ether oxygens (including phenoxy) is 1. The van der Waals surface area contributed by atoms with Gasteiger partial charge >= 0.3 is 5.97 Å². The number of benzene rings is 1. The largest absolute Gasteiger partial charge is 0.465 e. The van der Waals surface area contributed by atoms with E-state index in [9.17, 15) is 9.18 Å². The lowest BCUT2D eigenvalue weighted by Gasteiger charge is -2.11. The predicted octanol–water partition coefficient (Wildman–Crippen LogP) is 3.13. The summed E-state index contributed by atoms with van der Waals surface area (Å²) in [4.78, 5) is 11.5. The van der Waals surface area contributed by atoms with Crippen molar-refractivity contribution in [2.24, 2.45) is 0 Å². The first-order valence-corrected chi connectivity index (χ1v) is 6.85. The molecule has 1 N–H and O–H groups in total. The van der Waals surface area contributed by atoms with Gasteiger partial charge in [0.05, 0.1) is 13.2 Å². The van der Waals surface area contributed by atoms with E-state index in [1.807, 2.05) is 12.1 Å². The first-order valence-electron chi connectivity index (χ1n) is 6.85. The second kappa shape index (κ2) is 7.04. The molecule has 0 aliphatic carbocycles. The molecule has 1 heterocycles. The van der Waals surface area contributed by atoms with Gasteiger partial charge in [-0.3, -0.25) is 10.1 Å². The average Bonchev–Trinajstić information content (AvgIpc) is 2.94. The van der Waals surface area contributed by atoms with Gasteiger partial charge in [0.15, 0.2) is 0 Å². The molecular weight excluding hydrogens is 273 g/mol. The van der Waals surface area contributed by atoms with E-state index >= 15 is 0 Å². The molecule has 0 radical (unpaired) electrons. The summed E-state index contributed by atoms with van der Waals surface area (Å²) in [5, 5.41) is 3.03. The van der Waals surface area contributed by atoms with Gasteiger partial charge in [-0.25, -0.2) is 4.39 Å². The van der Waals surface area contributed by atoms with Crippen molar-refractivity contribution in [3.8, 4) is 11.3 Å². The van der Waals surface area contributed by atoms with E-state index in [2.05, 4.69) is 5.32 Å². The molecule has 1 aromatic heterocycles. The number of nitrogens with one attached hydrogen (secondary N) is 1. The fourth-order valence-corrected chi connectivity index (χ4v) is 1.85. The Bertz CT molecular complexity index is 592. The molecule has 0 aliphatic rings. The molecule has 0 fully saturated rings. The lowest BCUT2D eigenvalue weighted by molar-refractivity contribution is -0.145. The van der Waals surface area contributed by atoms with Crippen molar-refractivity contribution in [1.82, 2.24) is 5.32 Å². The number of hydrogen-bond donors (Lipinski definition) is 1. The number of hydrogen-bond acceptors (Lipinski definition) is 4. The zero-order valence-electron chi connectivity index (χ0n) is 12.1. The molecule has 0 bridgehead atoms. The lowest BCUT2D eigenvalue weighted by Crippen LogP contribution is -2.34. The van der Waals surface area contributed by atoms with Gasteiger partial charge in [0.1, 0.15) is 23.4 Å². The van der Waals surface area contributed by atoms with Crippen molar-refractivity contribution >= 4 is 5.97 Å². The first-order chi connectivity index (χ1) is 10.1. The van der Waals surface area contributed by atoms with E-state index in [1.54, 1.807) is 26.0 Å². The highest BCUT2D eigenvalue weighted by atomic mass is 19.1. The molecule has 0 aliphatic heterocycles. The van der Waals surface area contributed by atoms with Crippen LogP contribution in [0.4, 0.5) is 4.39 Å². The summed E-state index contributed by atoms with van der Waals surface area (Å²) in [6.45, 7) is 4.29. The minimum absolute atomic E-state index is 0.282. The molecule has 1 unspecified atom stereocenters. The average molecular weight is 291 g/mol. The van der Waals surface area contributed by atoms with Crippen LogP contribution in [-0.4, -0.2) is 18.6 Å². The predicted molar refractivity (Wildman–Crippen MR) is 77.0 cm³/mol. The summed E-state index contributed by atoms with van der Waals surface area (Å²) in [7, 11) is 0. The SMILES string of the molecule is CCOC(=O)C(C)NCc1ccc(-c2ccc(F)cc2)o1. The molecule has 112 valence electrons. The van der Waals surface area contributed by atoms with Crippen LogP contribution in [0.25, 0.3) is 11.3 Å². The Morgan fingerprint density at radius 2 is 2.00 bits per heavy atom. The Balaban J connectivity index is 1.94. The van der Waals surface area contributed by atoms with E-state index in [1.165, 1.54) is 12.1 Å². The van der Waals surface area contributed by atoms with Crippen LogP contribution < -0.4 is 5.32 Å². The van der Waals surface area contributed by atoms with Crippen molar-refractivity contribution in [3.63, 3.8) is 0 Å². The Morgan fingerprint density at radius 3 is 2.67 bits per heavy atom. The first kappa shape index (κ1) is 15.3. The van der Waals surface area contributed by atoms with Gasteiger partial charge in [-0.2, -0.15) is 0 Å². The van der Waals surface area contributed by atoms with Crippen LogP contribution in [-0.2, 0) is 16.1 Å². The fourth-order valence-electron chi connectivity index (χ4n) is 1.85. The lowest BCUT2D eigenvalue weighted by atomic mass is 10.2. The van der Waals surface area contributed by atoms with Crippen LogP contribution in [0.15, 0.2) is 40.8 Å². The molecule has 0 amide bonds. The van der Waals surface area contributed by atoms with E-state index in [-0.39, 0.29) is 11.8 Å². The third-order valence-corrected chi connectivity index (χ3v) is 3.01. The second-order valence-corrected chi connectivity index (χ2v) is 4.63. The summed E-state index contributed by atoms with van der Waals surface area (Å²) >= 11 is 0. The van der Waals surface area contributed by atoms with Crippen molar-refractivity contribution in [1.29, 1.82) is 0 Å². The molecule has 4 nitrogen and oxygen atoms in total. The maximum absolute atomic E-state index is 12.9. The third-order valence-electron chi connectivity index (χ3n) is 3.01. The number of carbonyl (C=O) groups is 1. The van der Waals surface area contributed by atoms with Crippen LogP contribution in [0.2, 0.25) is 0 Å². The molecule has 1 aromatic carbocycles. The van der Waals surface area contributed by atoms with E-state index in [0.29, 0.717) is 24.7 Å². The van der Waals surface area contributed by atoms with E-state index in [4.69, 9.17) is 9.15 Å².